The summed E-state index contributed by atoms with van der Waals surface area (Å²) in [5.74, 6) is -7.18. The molecule has 2 N–H and O–H groups in total. The van der Waals surface area contributed by atoms with Crippen molar-refractivity contribution in [3.05, 3.63) is 59.0 Å². The molecule has 4 heterocycles. The Morgan fingerprint density at radius 1 is 1.05 bits per heavy atom. The van der Waals surface area contributed by atoms with Crippen LogP contribution >= 0.6 is 0 Å². The zero-order chi connectivity index (χ0) is 28.2. The van der Waals surface area contributed by atoms with E-state index in [2.05, 4.69) is 20.7 Å². The molecule has 4 aliphatic rings. The number of benzene rings is 1. The molecule has 9 nitrogen and oxygen atoms in total. The summed E-state index contributed by atoms with van der Waals surface area (Å²) < 4.78 is 68.7. The van der Waals surface area contributed by atoms with Gasteiger partial charge >= 0.3 is 18.1 Å². The highest BCUT2D eigenvalue weighted by Gasteiger charge is 2.64. The lowest BCUT2D eigenvalue weighted by Crippen LogP contribution is -2.51. The third-order valence-electron chi connectivity index (χ3n) is 8.41. The average Bonchev–Trinajstić information content (AvgIpc) is 3.80. The second kappa shape index (κ2) is 7.98. The Kier molecular flexibility index (Phi) is 4.97. The Bertz CT molecular complexity index is 1610. The minimum absolute atomic E-state index is 0.0738. The fourth-order valence-corrected chi connectivity index (χ4v) is 6.02. The van der Waals surface area contributed by atoms with Crippen molar-refractivity contribution in [2.75, 3.05) is 18.0 Å². The van der Waals surface area contributed by atoms with Crippen molar-refractivity contribution in [2.45, 2.75) is 54.5 Å². The summed E-state index contributed by atoms with van der Waals surface area (Å²) in [7, 11) is 0. The van der Waals surface area contributed by atoms with Gasteiger partial charge in [0, 0.05) is 30.2 Å². The number of amides is 4. The predicted octanol–water partition coefficient (Wildman–Crippen LogP) is 3.50. The highest BCUT2D eigenvalue weighted by atomic mass is 19.4. The van der Waals surface area contributed by atoms with E-state index in [-0.39, 0.29) is 24.1 Å². The van der Waals surface area contributed by atoms with Crippen molar-refractivity contribution in [1.82, 2.24) is 25.2 Å². The molecule has 4 amide bonds. The van der Waals surface area contributed by atoms with Gasteiger partial charge in [0.15, 0.2) is 5.65 Å². The summed E-state index contributed by atoms with van der Waals surface area (Å²) in [6.07, 6.45) is -1.14. The first-order valence-electron chi connectivity index (χ1n) is 12.7. The molecule has 1 spiro atoms. The van der Waals surface area contributed by atoms with Gasteiger partial charge in [0.1, 0.15) is 0 Å². The van der Waals surface area contributed by atoms with Crippen LogP contribution in [0.25, 0.3) is 5.65 Å². The van der Waals surface area contributed by atoms with Crippen LogP contribution in [0.4, 0.5) is 32.4 Å². The molecule has 1 saturated heterocycles. The standard InChI is InChI=1S/C26H21F5N6O3/c27-25(28,26(29,30)31)11-36-19-7-12(1-2-17(19)24(3-4-24)22(36)39)13-8-14(13)15-9-18(35-37-6-5-32-20(15)37)16-10-33-23(40)34-21(16)38/h1-2,5-7,9,13-14,16H,3-4,8,10-11H2,(H2,33,34,38,40)/t13-,14+,16?/m1/s1. The molecule has 2 aromatic heterocycles. The predicted molar refractivity (Wildman–Crippen MR) is 128 cm³/mol. The van der Waals surface area contributed by atoms with Crippen molar-refractivity contribution < 1.29 is 36.3 Å². The lowest BCUT2D eigenvalue weighted by atomic mass is 9.95. The number of hydrogen-bond acceptors (Lipinski definition) is 5. The number of rotatable bonds is 5. The van der Waals surface area contributed by atoms with Crippen LogP contribution in [0.15, 0.2) is 36.7 Å². The molecule has 3 aromatic rings. The zero-order valence-corrected chi connectivity index (χ0v) is 20.6. The SMILES string of the molecule is O=C1NCC(c2cc([C@H]3C[C@@H]3c3ccc4c(c3)N(CC(F)(F)C(F)(F)F)C(=O)C43CC3)c3nccn3n2)C(=O)N1. The number of fused-ring (bicyclic) bond motifs is 3. The maximum Gasteiger partial charge on any atom is 0.455 e. The molecule has 0 bridgehead atoms. The zero-order valence-electron chi connectivity index (χ0n) is 20.6. The van der Waals surface area contributed by atoms with Gasteiger partial charge in [-0.3, -0.25) is 14.9 Å². The maximum absolute atomic E-state index is 14.0. The second-order valence-electron chi connectivity index (χ2n) is 10.9. The highest BCUT2D eigenvalue weighted by molar-refractivity contribution is 6.10. The van der Waals surface area contributed by atoms with Gasteiger partial charge in [0.2, 0.25) is 11.8 Å². The van der Waals surface area contributed by atoms with Gasteiger partial charge in [-0.05, 0) is 54.4 Å². The quantitative estimate of drug-likeness (QED) is 0.465. The minimum Gasteiger partial charge on any atom is -0.337 e. The molecule has 2 aliphatic heterocycles. The summed E-state index contributed by atoms with van der Waals surface area (Å²) in [6, 6.07) is 6.22. The summed E-state index contributed by atoms with van der Waals surface area (Å²) in [5.41, 5.74) is 2.07. The number of anilines is 1. The fraction of sp³-hybridized carbons (Fsp3) is 0.423. The number of imide groups is 1. The average molecular weight is 560 g/mol. The largest absolute Gasteiger partial charge is 0.455 e. The molecule has 40 heavy (non-hydrogen) atoms. The van der Waals surface area contributed by atoms with Crippen LogP contribution in [0.5, 0.6) is 0 Å². The van der Waals surface area contributed by atoms with Gasteiger partial charge in [0.25, 0.3) is 0 Å². The minimum atomic E-state index is -5.78. The molecule has 1 unspecified atom stereocenters. The molecule has 2 saturated carbocycles. The smallest absolute Gasteiger partial charge is 0.337 e. The van der Waals surface area contributed by atoms with E-state index in [1.165, 1.54) is 0 Å². The van der Waals surface area contributed by atoms with Gasteiger partial charge in [0.05, 0.1) is 23.6 Å². The lowest BCUT2D eigenvalue weighted by molar-refractivity contribution is -0.276. The molecular weight excluding hydrogens is 539 g/mol. The van der Waals surface area contributed by atoms with Gasteiger partial charge in [-0.25, -0.2) is 14.3 Å². The Hall–Kier alpha value is -4.10. The first-order chi connectivity index (χ1) is 18.9. The van der Waals surface area contributed by atoms with E-state index < -0.39 is 47.8 Å². The topological polar surface area (TPSA) is 109 Å². The Morgan fingerprint density at radius 2 is 1.82 bits per heavy atom. The van der Waals surface area contributed by atoms with Gasteiger partial charge in [-0.1, -0.05) is 12.1 Å². The van der Waals surface area contributed by atoms with Gasteiger partial charge < -0.3 is 10.2 Å². The number of nitrogens with zero attached hydrogens (tertiary/aromatic N) is 4. The highest BCUT2D eigenvalue weighted by Crippen LogP contribution is 2.61. The van der Waals surface area contributed by atoms with E-state index in [4.69, 9.17) is 0 Å². The summed E-state index contributed by atoms with van der Waals surface area (Å²) in [5, 5.41) is 9.29. The molecule has 2 aliphatic carbocycles. The van der Waals surface area contributed by atoms with E-state index in [1.807, 2.05) is 0 Å². The van der Waals surface area contributed by atoms with Crippen LogP contribution in [0.3, 0.4) is 0 Å². The van der Waals surface area contributed by atoms with Crippen LogP contribution in [0.1, 0.15) is 59.4 Å². The van der Waals surface area contributed by atoms with Crippen LogP contribution in [0.2, 0.25) is 0 Å². The first-order valence-corrected chi connectivity index (χ1v) is 12.7. The van der Waals surface area contributed by atoms with Gasteiger partial charge in [-0.15, -0.1) is 0 Å². The van der Waals surface area contributed by atoms with Crippen LogP contribution in [-0.2, 0) is 15.0 Å². The Morgan fingerprint density at radius 3 is 2.52 bits per heavy atom. The number of nitrogens with one attached hydrogen (secondary N) is 2. The third kappa shape index (κ3) is 3.60. The number of carbonyl (C=O) groups excluding carboxylic acids is 3. The monoisotopic (exact) mass is 560 g/mol. The normalized spacial score (nSPS) is 25.3. The van der Waals surface area contributed by atoms with Crippen molar-refractivity contribution in [3.63, 3.8) is 0 Å². The second-order valence-corrected chi connectivity index (χ2v) is 10.9. The molecule has 7 rings (SSSR count). The molecular formula is C26H21F5N6O3. The summed E-state index contributed by atoms with van der Waals surface area (Å²) >= 11 is 0. The molecule has 3 fully saturated rings. The lowest BCUT2D eigenvalue weighted by Gasteiger charge is -2.26. The molecule has 3 atom stereocenters. The molecule has 208 valence electrons. The number of aromatic nitrogens is 3. The number of alkyl halides is 5. The maximum atomic E-state index is 14.0. The van der Waals surface area contributed by atoms with E-state index in [1.54, 1.807) is 41.2 Å². The van der Waals surface area contributed by atoms with E-state index in [0.29, 0.717) is 46.6 Å². The summed E-state index contributed by atoms with van der Waals surface area (Å²) in [4.78, 5) is 42.0. The summed E-state index contributed by atoms with van der Waals surface area (Å²) in [6.45, 7) is -1.69. The third-order valence-corrected chi connectivity index (χ3v) is 8.41. The molecule has 0 radical (unpaired) electrons. The molecule has 1 aromatic carbocycles. The number of urea groups is 1. The van der Waals surface area contributed by atoms with Crippen LogP contribution in [-0.4, -0.2) is 57.6 Å². The van der Waals surface area contributed by atoms with Crippen molar-refractivity contribution in [2.24, 2.45) is 0 Å². The number of imidazole rings is 1. The Balaban J connectivity index is 1.22. The van der Waals surface area contributed by atoms with Crippen molar-refractivity contribution >= 4 is 29.2 Å². The van der Waals surface area contributed by atoms with E-state index >= 15 is 0 Å². The van der Waals surface area contributed by atoms with Crippen molar-refractivity contribution in [3.8, 4) is 0 Å². The van der Waals surface area contributed by atoms with E-state index in [0.717, 1.165) is 5.56 Å². The Labute approximate surface area is 222 Å². The van der Waals surface area contributed by atoms with Crippen LogP contribution in [0, 0.1) is 0 Å². The van der Waals surface area contributed by atoms with Crippen molar-refractivity contribution in [1.29, 1.82) is 0 Å². The number of hydrogen-bond donors (Lipinski definition) is 2. The molecule has 14 heteroatoms. The number of halogens is 5. The van der Waals surface area contributed by atoms with Crippen LogP contribution < -0.4 is 15.5 Å². The fourth-order valence-electron chi connectivity index (χ4n) is 6.02. The van der Waals surface area contributed by atoms with E-state index in [9.17, 15) is 36.3 Å². The number of carbonyl (C=O) groups is 3. The van der Waals surface area contributed by atoms with Gasteiger partial charge in [-0.2, -0.15) is 27.1 Å². The first kappa shape index (κ1) is 24.9.